The molecule has 4 nitrogen and oxygen atoms in total. The zero-order valence-electron chi connectivity index (χ0n) is 13.7. The van der Waals surface area contributed by atoms with Crippen molar-refractivity contribution in [3.63, 3.8) is 0 Å². The Balaban J connectivity index is 1.51. The molecule has 2 heterocycles. The van der Waals surface area contributed by atoms with Gasteiger partial charge in [0.1, 0.15) is 10.3 Å². The van der Waals surface area contributed by atoms with Crippen LogP contribution in [0.1, 0.15) is 15.9 Å². The lowest BCUT2D eigenvalue weighted by atomic mass is 10.2. The number of benzene rings is 1. The highest BCUT2D eigenvalue weighted by atomic mass is 35.5. The second kappa shape index (κ2) is 8.48. The second-order valence-corrected chi connectivity index (χ2v) is 6.68. The highest BCUT2D eigenvalue weighted by Gasteiger charge is 2.22. The molecule has 0 saturated carbocycles. The molecular weight excluding hydrogens is 357 g/mol. The summed E-state index contributed by atoms with van der Waals surface area (Å²) in [6.07, 6.45) is 4.29. The molecule has 0 bridgehead atoms. The van der Waals surface area contributed by atoms with E-state index in [4.69, 9.17) is 23.2 Å². The van der Waals surface area contributed by atoms with E-state index < -0.39 is 0 Å². The maximum atomic E-state index is 12.6. The van der Waals surface area contributed by atoms with Crippen LogP contribution in [0.2, 0.25) is 10.3 Å². The summed E-state index contributed by atoms with van der Waals surface area (Å²) in [5.41, 5.74) is 1.69. The average molecular weight is 376 g/mol. The molecule has 1 aliphatic rings. The van der Waals surface area contributed by atoms with E-state index in [2.05, 4.69) is 34.2 Å². The van der Waals surface area contributed by atoms with Gasteiger partial charge >= 0.3 is 0 Å². The molecule has 1 aromatic heterocycles. The van der Waals surface area contributed by atoms with Gasteiger partial charge in [-0.2, -0.15) is 0 Å². The van der Waals surface area contributed by atoms with Crippen LogP contribution in [0.4, 0.5) is 0 Å². The first-order chi connectivity index (χ1) is 12.1. The SMILES string of the molecule is O=C(c1cc(Cl)nc(Cl)c1)N1CCN(C/C=C/c2ccccc2)CC1. The minimum absolute atomic E-state index is 0.0503. The van der Waals surface area contributed by atoms with E-state index in [0.717, 1.165) is 19.6 Å². The predicted octanol–water partition coefficient (Wildman–Crippen LogP) is 3.86. The van der Waals surface area contributed by atoms with E-state index in [0.29, 0.717) is 18.7 Å². The van der Waals surface area contributed by atoms with E-state index in [1.54, 1.807) is 12.1 Å². The summed E-state index contributed by atoms with van der Waals surface area (Å²) in [7, 11) is 0. The average Bonchev–Trinajstić information content (AvgIpc) is 2.62. The quantitative estimate of drug-likeness (QED) is 0.761. The fourth-order valence-corrected chi connectivity index (χ4v) is 3.27. The van der Waals surface area contributed by atoms with E-state index in [1.165, 1.54) is 5.56 Å². The van der Waals surface area contributed by atoms with Crippen molar-refractivity contribution < 1.29 is 4.79 Å². The Morgan fingerprint density at radius 2 is 1.68 bits per heavy atom. The molecule has 0 unspecified atom stereocenters. The number of halogens is 2. The van der Waals surface area contributed by atoms with Gasteiger partial charge in [0.05, 0.1) is 0 Å². The summed E-state index contributed by atoms with van der Waals surface area (Å²) >= 11 is 11.8. The minimum atomic E-state index is -0.0503. The van der Waals surface area contributed by atoms with Crippen molar-refractivity contribution in [1.82, 2.24) is 14.8 Å². The molecule has 130 valence electrons. The van der Waals surface area contributed by atoms with Gasteiger partial charge in [-0.3, -0.25) is 9.69 Å². The van der Waals surface area contributed by atoms with Gasteiger partial charge in [-0.05, 0) is 17.7 Å². The fraction of sp³-hybridized carbons (Fsp3) is 0.263. The normalized spacial score (nSPS) is 15.7. The summed E-state index contributed by atoms with van der Waals surface area (Å²) in [5, 5.41) is 0.473. The number of carbonyl (C=O) groups excluding carboxylic acids is 1. The first kappa shape index (κ1) is 17.9. The summed E-state index contributed by atoms with van der Waals surface area (Å²) in [6, 6.07) is 13.4. The van der Waals surface area contributed by atoms with Crippen molar-refractivity contribution in [1.29, 1.82) is 0 Å². The standard InChI is InChI=1S/C19H19Cl2N3O/c20-17-13-16(14-18(21)22-17)19(25)24-11-9-23(10-12-24)8-4-7-15-5-2-1-3-6-15/h1-7,13-14H,8-12H2/b7-4+. The summed E-state index contributed by atoms with van der Waals surface area (Å²) in [6.45, 7) is 3.95. The molecule has 6 heteroatoms. The van der Waals surface area contributed by atoms with E-state index >= 15 is 0 Å². The van der Waals surface area contributed by atoms with Crippen molar-refractivity contribution in [2.75, 3.05) is 32.7 Å². The molecule has 25 heavy (non-hydrogen) atoms. The van der Waals surface area contributed by atoms with Gasteiger partial charge in [-0.25, -0.2) is 4.98 Å². The van der Waals surface area contributed by atoms with Crippen molar-refractivity contribution in [3.05, 3.63) is 70.0 Å². The predicted molar refractivity (Wildman–Crippen MR) is 102 cm³/mol. The molecule has 1 fully saturated rings. The van der Waals surface area contributed by atoms with E-state index in [1.807, 2.05) is 23.1 Å². The summed E-state index contributed by atoms with van der Waals surface area (Å²) < 4.78 is 0. The van der Waals surface area contributed by atoms with E-state index in [-0.39, 0.29) is 16.2 Å². The summed E-state index contributed by atoms with van der Waals surface area (Å²) in [4.78, 5) is 20.6. The Kier molecular flexibility index (Phi) is 6.08. The van der Waals surface area contributed by atoms with Gasteiger partial charge < -0.3 is 4.90 Å². The molecule has 0 N–H and O–H groups in total. The molecule has 0 spiro atoms. The third kappa shape index (κ3) is 5.05. The van der Waals surface area contributed by atoms with E-state index in [9.17, 15) is 4.79 Å². The Bertz CT molecular complexity index is 736. The second-order valence-electron chi connectivity index (χ2n) is 5.91. The van der Waals surface area contributed by atoms with Gasteiger partial charge in [0.15, 0.2) is 0 Å². The van der Waals surface area contributed by atoms with Crippen LogP contribution >= 0.6 is 23.2 Å². The molecule has 1 aliphatic heterocycles. The lowest BCUT2D eigenvalue weighted by molar-refractivity contribution is 0.0650. The number of amides is 1. The third-order valence-electron chi connectivity index (χ3n) is 4.14. The zero-order valence-corrected chi connectivity index (χ0v) is 15.2. The van der Waals surface area contributed by atoms with Gasteiger partial charge in [-0.1, -0.05) is 65.7 Å². The van der Waals surface area contributed by atoms with Crippen LogP contribution in [0.5, 0.6) is 0 Å². The zero-order chi connectivity index (χ0) is 17.6. The topological polar surface area (TPSA) is 36.4 Å². The van der Waals surface area contributed by atoms with Crippen LogP contribution in [0.3, 0.4) is 0 Å². The Morgan fingerprint density at radius 3 is 2.32 bits per heavy atom. The number of carbonyl (C=O) groups is 1. The number of pyridine rings is 1. The van der Waals surface area contributed by atoms with Crippen molar-refractivity contribution in [3.8, 4) is 0 Å². The summed E-state index contributed by atoms with van der Waals surface area (Å²) in [5.74, 6) is -0.0503. The molecular formula is C19H19Cl2N3O. The van der Waals surface area contributed by atoms with Crippen molar-refractivity contribution >= 4 is 35.2 Å². The molecule has 2 aromatic rings. The van der Waals surface area contributed by atoms with Crippen molar-refractivity contribution in [2.45, 2.75) is 0 Å². The van der Waals surface area contributed by atoms with Crippen LogP contribution in [0.25, 0.3) is 6.08 Å². The molecule has 1 saturated heterocycles. The third-order valence-corrected chi connectivity index (χ3v) is 4.53. The lowest BCUT2D eigenvalue weighted by Crippen LogP contribution is -2.48. The first-order valence-electron chi connectivity index (χ1n) is 8.18. The maximum Gasteiger partial charge on any atom is 0.254 e. The molecule has 1 aromatic carbocycles. The monoisotopic (exact) mass is 375 g/mol. The lowest BCUT2D eigenvalue weighted by Gasteiger charge is -2.34. The molecule has 0 aliphatic carbocycles. The van der Waals surface area contributed by atoms with Crippen LogP contribution in [-0.4, -0.2) is 53.4 Å². The molecule has 1 amide bonds. The molecule has 0 atom stereocenters. The Labute approximate surface area is 157 Å². The molecule has 0 radical (unpaired) electrons. The fourth-order valence-electron chi connectivity index (χ4n) is 2.81. The molecule has 3 rings (SSSR count). The highest BCUT2D eigenvalue weighted by Crippen LogP contribution is 2.17. The van der Waals surface area contributed by atoms with Gasteiger partial charge in [0.2, 0.25) is 0 Å². The van der Waals surface area contributed by atoms with Crippen molar-refractivity contribution in [2.24, 2.45) is 0 Å². The highest BCUT2D eigenvalue weighted by molar-refractivity contribution is 6.33. The van der Waals surface area contributed by atoms with Gasteiger partial charge in [0.25, 0.3) is 5.91 Å². The van der Waals surface area contributed by atoms with Crippen LogP contribution in [0.15, 0.2) is 48.5 Å². The largest absolute Gasteiger partial charge is 0.336 e. The first-order valence-corrected chi connectivity index (χ1v) is 8.94. The Morgan fingerprint density at radius 1 is 1.04 bits per heavy atom. The number of rotatable bonds is 4. The number of nitrogens with zero attached hydrogens (tertiary/aromatic N) is 3. The van der Waals surface area contributed by atoms with Gasteiger partial charge in [0, 0.05) is 38.3 Å². The van der Waals surface area contributed by atoms with Crippen LogP contribution in [0, 0.1) is 0 Å². The smallest absolute Gasteiger partial charge is 0.254 e. The van der Waals surface area contributed by atoms with Crippen LogP contribution < -0.4 is 0 Å². The minimum Gasteiger partial charge on any atom is -0.336 e. The number of hydrogen-bond acceptors (Lipinski definition) is 3. The maximum absolute atomic E-state index is 12.6. The van der Waals surface area contributed by atoms with Crippen LogP contribution in [-0.2, 0) is 0 Å². The number of aromatic nitrogens is 1. The number of hydrogen-bond donors (Lipinski definition) is 0. The number of piperazine rings is 1. The Hall–Kier alpha value is -1.88. The van der Waals surface area contributed by atoms with Gasteiger partial charge in [-0.15, -0.1) is 0 Å².